The van der Waals surface area contributed by atoms with E-state index in [1.165, 1.54) is 0 Å². The number of amides is 1. The zero-order valence-corrected chi connectivity index (χ0v) is 12.5. The third-order valence-corrected chi connectivity index (χ3v) is 3.91. The molecule has 0 aliphatic rings. The summed E-state index contributed by atoms with van der Waals surface area (Å²) < 4.78 is 0. The van der Waals surface area contributed by atoms with E-state index in [0.29, 0.717) is 12.1 Å². The van der Waals surface area contributed by atoms with Crippen molar-refractivity contribution in [2.45, 2.75) is 5.60 Å². The number of nitrogens with one attached hydrogen (secondary N) is 1. The van der Waals surface area contributed by atoms with Gasteiger partial charge in [-0.05, 0) is 28.8 Å². The van der Waals surface area contributed by atoms with Gasteiger partial charge < -0.3 is 10.4 Å². The molecule has 3 nitrogen and oxygen atoms in total. The van der Waals surface area contributed by atoms with Crippen molar-refractivity contribution in [2.75, 3.05) is 5.32 Å². The van der Waals surface area contributed by atoms with Gasteiger partial charge in [-0.2, -0.15) is 0 Å². The lowest BCUT2D eigenvalue weighted by molar-refractivity contribution is -0.105. The van der Waals surface area contributed by atoms with Gasteiger partial charge in [0.1, 0.15) is 5.60 Å². The Morgan fingerprint density at radius 1 is 0.696 bits per heavy atom. The van der Waals surface area contributed by atoms with E-state index in [1.807, 2.05) is 72.8 Å². The fourth-order valence-corrected chi connectivity index (χ4v) is 2.73. The Balaban J connectivity index is 2.14. The summed E-state index contributed by atoms with van der Waals surface area (Å²) in [4.78, 5) is 10.5. The second kappa shape index (κ2) is 6.46. The van der Waals surface area contributed by atoms with Crippen molar-refractivity contribution < 1.29 is 9.90 Å². The number of carbonyl (C=O) groups is 1. The van der Waals surface area contributed by atoms with Gasteiger partial charge in [0.25, 0.3) is 0 Å². The van der Waals surface area contributed by atoms with Gasteiger partial charge >= 0.3 is 0 Å². The van der Waals surface area contributed by atoms with Crippen molar-refractivity contribution >= 4 is 12.1 Å². The van der Waals surface area contributed by atoms with Gasteiger partial charge in [0.2, 0.25) is 6.41 Å². The lowest BCUT2D eigenvalue weighted by atomic mass is 9.80. The zero-order valence-electron chi connectivity index (χ0n) is 12.5. The molecular formula is C20H17NO2. The predicted molar refractivity (Wildman–Crippen MR) is 91.1 cm³/mol. The highest BCUT2D eigenvalue weighted by atomic mass is 16.3. The van der Waals surface area contributed by atoms with Crippen LogP contribution in [-0.2, 0) is 10.4 Å². The first-order valence-corrected chi connectivity index (χ1v) is 7.39. The molecule has 0 heterocycles. The summed E-state index contributed by atoms with van der Waals surface area (Å²) in [5.74, 6) is 0. The van der Waals surface area contributed by atoms with Crippen LogP contribution in [0.25, 0.3) is 0 Å². The number of rotatable bonds is 5. The number of hydrogen-bond acceptors (Lipinski definition) is 2. The molecule has 3 aromatic carbocycles. The molecule has 0 radical (unpaired) electrons. The summed E-state index contributed by atoms with van der Waals surface area (Å²) in [6, 6.07) is 26.3. The standard InChI is InChI=1S/C20H17NO2/c22-15-21-19-13-11-18(12-14-19)20(23,16-7-3-1-4-8-16)17-9-5-2-6-10-17/h1-15,23H,(H,21,22). The van der Waals surface area contributed by atoms with Crippen LogP contribution in [0.1, 0.15) is 16.7 Å². The molecule has 114 valence electrons. The van der Waals surface area contributed by atoms with E-state index in [2.05, 4.69) is 5.32 Å². The highest BCUT2D eigenvalue weighted by Gasteiger charge is 2.33. The quantitative estimate of drug-likeness (QED) is 0.559. The van der Waals surface area contributed by atoms with Crippen LogP contribution in [0, 0.1) is 0 Å². The minimum atomic E-state index is -1.25. The van der Waals surface area contributed by atoms with Gasteiger partial charge in [0, 0.05) is 5.69 Å². The lowest BCUT2D eigenvalue weighted by Gasteiger charge is -2.30. The van der Waals surface area contributed by atoms with Crippen molar-refractivity contribution in [3.8, 4) is 0 Å². The topological polar surface area (TPSA) is 49.3 Å². The fourth-order valence-electron chi connectivity index (χ4n) is 2.73. The Morgan fingerprint density at radius 3 is 1.57 bits per heavy atom. The van der Waals surface area contributed by atoms with Crippen LogP contribution in [0.5, 0.6) is 0 Å². The molecule has 0 aliphatic carbocycles. The minimum absolute atomic E-state index is 0.635. The summed E-state index contributed by atoms with van der Waals surface area (Å²) in [5.41, 5.74) is 1.77. The van der Waals surface area contributed by atoms with Gasteiger partial charge in [-0.3, -0.25) is 4.79 Å². The lowest BCUT2D eigenvalue weighted by Crippen LogP contribution is -2.28. The molecule has 0 aliphatic heterocycles. The molecule has 1 amide bonds. The van der Waals surface area contributed by atoms with Gasteiger partial charge in [0.15, 0.2) is 0 Å². The molecule has 0 bridgehead atoms. The van der Waals surface area contributed by atoms with E-state index in [0.717, 1.165) is 16.7 Å². The molecule has 3 rings (SSSR count). The normalized spacial score (nSPS) is 11.0. The molecule has 3 heteroatoms. The van der Waals surface area contributed by atoms with Crippen LogP contribution in [0.3, 0.4) is 0 Å². The van der Waals surface area contributed by atoms with E-state index in [-0.39, 0.29) is 0 Å². The van der Waals surface area contributed by atoms with Crippen molar-refractivity contribution in [3.63, 3.8) is 0 Å². The molecule has 0 saturated carbocycles. The van der Waals surface area contributed by atoms with Gasteiger partial charge in [0.05, 0.1) is 0 Å². The van der Waals surface area contributed by atoms with Gasteiger partial charge in [-0.25, -0.2) is 0 Å². The first-order chi connectivity index (χ1) is 11.2. The fraction of sp³-hybridized carbons (Fsp3) is 0.0500. The summed E-state index contributed by atoms with van der Waals surface area (Å²) in [6.45, 7) is 0. The van der Waals surface area contributed by atoms with E-state index in [9.17, 15) is 9.90 Å². The van der Waals surface area contributed by atoms with Gasteiger partial charge in [-0.1, -0.05) is 72.8 Å². The van der Waals surface area contributed by atoms with Crippen molar-refractivity contribution in [3.05, 3.63) is 102 Å². The summed E-state index contributed by atoms with van der Waals surface area (Å²) in [7, 11) is 0. The van der Waals surface area contributed by atoms with E-state index in [4.69, 9.17) is 0 Å². The Morgan fingerprint density at radius 2 is 1.13 bits per heavy atom. The van der Waals surface area contributed by atoms with Crippen LogP contribution in [0.15, 0.2) is 84.9 Å². The summed E-state index contributed by atoms with van der Waals surface area (Å²) in [6.07, 6.45) is 0.635. The molecule has 23 heavy (non-hydrogen) atoms. The first kappa shape index (κ1) is 15.0. The molecule has 0 atom stereocenters. The molecule has 0 spiro atoms. The monoisotopic (exact) mass is 303 g/mol. The molecule has 0 aromatic heterocycles. The van der Waals surface area contributed by atoms with Crippen LogP contribution in [-0.4, -0.2) is 11.5 Å². The van der Waals surface area contributed by atoms with Crippen molar-refractivity contribution in [1.82, 2.24) is 0 Å². The molecule has 0 saturated heterocycles. The Bertz CT molecular complexity index is 728. The maximum atomic E-state index is 11.6. The van der Waals surface area contributed by atoms with Crippen LogP contribution < -0.4 is 5.32 Å². The van der Waals surface area contributed by atoms with E-state index >= 15 is 0 Å². The Labute approximate surface area is 135 Å². The van der Waals surface area contributed by atoms with Crippen LogP contribution in [0.2, 0.25) is 0 Å². The largest absolute Gasteiger partial charge is 0.376 e. The molecular weight excluding hydrogens is 286 g/mol. The van der Waals surface area contributed by atoms with Crippen molar-refractivity contribution in [2.24, 2.45) is 0 Å². The number of carbonyl (C=O) groups excluding carboxylic acids is 1. The number of hydrogen-bond donors (Lipinski definition) is 2. The average molecular weight is 303 g/mol. The Hall–Kier alpha value is -2.91. The Kier molecular flexibility index (Phi) is 4.22. The predicted octanol–water partition coefficient (Wildman–Crippen LogP) is 3.54. The third-order valence-electron chi connectivity index (χ3n) is 3.91. The van der Waals surface area contributed by atoms with Crippen molar-refractivity contribution in [1.29, 1.82) is 0 Å². The maximum absolute atomic E-state index is 11.6. The average Bonchev–Trinajstić information content (AvgIpc) is 2.63. The maximum Gasteiger partial charge on any atom is 0.211 e. The molecule has 3 aromatic rings. The highest BCUT2D eigenvalue weighted by Crippen LogP contribution is 2.36. The second-order valence-corrected chi connectivity index (χ2v) is 5.28. The summed E-state index contributed by atoms with van der Waals surface area (Å²) >= 11 is 0. The summed E-state index contributed by atoms with van der Waals surface area (Å²) in [5, 5.41) is 14.2. The molecule has 2 N–H and O–H groups in total. The highest BCUT2D eigenvalue weighted by molar-refractivity contribution is 5.71. The van der Waals surface area contributed by atoms with E-state index < -0.39 is 5.60 Å². The smallest absolute Gasteiger partial charge is 0.211 e. The first-order valence-electron chi connectivity index (χ1n) is 7.39. The van der Waals surface area contributed by atoms with E-state index in [1.54, 1.807) is 12.1 Å². The van der Waals surface area contributed by atoms with Gasteiger partial charge in [-0.15, -0.1) is 0 Å². The number of anilines is 1. The minimum Gasteiger partial charge on any atom is -0.376 e. The SMILES string of the molecule is O=CNc1ccc(C(O)(c2ccccc2)c2ccccc2)cc1. The number of aliphatic hydroxyl groups is 1. The van der Waals surface area contributed by atoms with Crippen LogP contribution >= 0.6 is 0 Å². The zero-order chi connectivity index (χ0) is 16.1. The second-order valence-electron chi connectivity index (χ2n) is 5.28. The number of benzene rings is 3. The molecule has 0 fully saturated rings. The van der Waals surface area contributed by atoms with Crippen LogP contribution in [0.4, 0.5) is 5.69 Å². The molecule has 0 unspecified atom stereocenters. The third kappa shape index (κ3) is 2.87.